The fourth-order valence-corrected chi connectivity index (χ4v) is 1.17. The Morgan fingerprint density at radius 2 is 1.75 bits per heavy atom. The lowest BCUT2D eigenvalue weighted by molar-refractivity contribution is 0.305. The highest BCUT2D eigenvalue weighted by atomic mass is 15.1. The summed E-state index contributed by atoms with van der Waals surface area (Å²) in [6.07, 6.45) is 0. The largest absolute Gasteiger partial charge is 0.312 e. The van der Waals surface area contributed by atoms with Crippen LogP contribution in [0.25, 0.3) is 0 Å². The highest BCUT2D eigenvalue weighted by Gasteiger charge is 2.10. The van der Waals surface area contributed by atoms with E-state index in [0.717, 1.165) is 19.0 Å². The fraction of sp³-hybridized carbons (Fsp3) is 1.00. The van der Waals surface area contributed by atoms with Crippen LogP contribution in [-0.4, -0.2) is 37.6 Å². The van der Waals surface area contributed by atoms with Gasteiger partial charge in [0.05, 0.1) is 0 Å². The van der Waals surface area contributed by atoms with Gasteiger partial charge in [-0.15, -0.1) is 0 Å². The molecule has 2 heteroatoms. The zero-order valence-corrected chi connectivity index (χ0v) is 9.44. The Morgan fingerprint density at radius 3 is 2.08 bits per heavy atom. The molecule has 74 valence electrons. The number of nitrogens with one attached hydrogen (secondary N) is 1. The van der Waals surface area contributed by atoms with E-state index in [2.05, 4.69) is 52.0 Å². The van der Waals surface area contributed by atoms with Crippen LogP contribution in [0.1, 0.15) is 27.7 Å². The van der Waals surface area contributed by atoms with Gasteiger partial charge in [-0.1, -0.05) is 6.92 Å². The van der Waals surface area contributed by atoms with Crippen molar-refractivity contribution in [3.05, 3.63) is 0 Å². The van der Waals surface area contributed by atoms with E-state index in [1.807, 2.05) is 0 Å². The van der Waals surface area contributed by atoms with Crippen LogP contribution >= 0.6 is 0 Å². The van der Waals surface area contributed by atoms with Gasteiger partial charge >= 0.3 is 0 Å². The molecule has 0 aromatic carbocycles. The zero-order valence-electron chi connectivity index (χ0n) is 9.44. The molecule has 0 heterocycles. The van der Waals surface area contributed by atoms with Crippen LogP contribution in [0.3, 0.4) is 0 Å². The van der Waals surface area contributed by atoms with E-state index < -0.39 is 0 Å². The molecule has 0 saturated heterocycles. The number of nitrogens with zero attached hydrogens (tertiary/aromatic N) is 1. The molecule has 0 bridgehead atoms. The molecule has 0 spiro atoms. The molecular weight excluding hydrogens is 148 g/mol. The first-order valence-corrected chi connectivity index (χ1v) is 4.71. The van der Waals surface area contributed by atoms with Gasteiger partial charge in [0.15, 0.2) is 0 Å². The lowest BCUT2D eigenvalue weighted by Gasteiger charge is -2.24. The highest BCUT2D eigenvalue weighted by Crippen LogP contribution is 2.01. The van der Waals surface area contributed by atoms with E-state index in [1.165, 1.54) is 0 Å². The molecule has 0 aliphatic heterocycles. The lowest BCUT2D eigenvalue weighted by Crippen LogP contribution is -2.40. The van der Waals surface area contributed by atoms with E-state index in [-0.39, 0.29) is 5.54 Å². The molecule has 0 rings (SSSR count). The molecule has 1 atom stereocenters. The van der Waals surface area contributed by atoms with Crippen LogP contribution in [-0.2, 0) is 0 Å². The first-order valence-electron chi connectivity index (χ1n) is 4.71. The van der Waals surface area contributed by atoms with Gasteiger partial charge in [0.1, 0.15) is 0 Å². The van der Waals surface area contributed by atoms with Crippen LogP contribution < -0.4 is 5.32 Å². The Labute approximate surface area is 77.3 Å². The minimum Gasteiger partial charge on any atom is -0.312 e. The van der Waals surface area contributed by atoms with Gasteiger partial charge in [-0.2, -0.15) is 0 Å². The van der Waals surface area contributed by atoms with Gasteiger partial charge in [-0.25, -0.2) is 0 Å². The number of rotatable bonds is 4. The van der Waals surface area contributed by atoms with E-state index in [9.17, 15) is 0 Å². The Bertz CT molecular complexity index is 113. The summed E-state index contributed by atoms with van der Waals surface area (Å²) in [6.45, 7) is 11.1. The Balaban J connectivity index is 3.51. The van der Waals surface area contributed by atoms with Crippen molar-refractivity contribution in [2.24, 2.45) is 5.92 Å². The number of hydrogen-bond acceptors (Lipinski definition) is 2. The topological polar surface area (TPSA) is 15.3 Å². The van der Waals surface area contributed by atoms with Gasteiger partial charge < -0.3 is 10.2 Å². The second kappa shape index (κ2) is 4.83. The van der Waals surface area contributed by atoms with Crippen LogP contribution in [0, 0.1) is 5.92 Å². The molecular formula is C10H24N2. The van der Waals surface area contributed by atoms with Crippen molar-refractivity contribution < 1.29 is 0 Å². The van der Waals surface area contributed by atoms with Gasteiger partial charge in [-0.3, -0.25) is 0 Å². The molecule has 0 aromatic rings. The van der Waals surface area contributed by atoms with Gasteiger partial charge in [-0.05, 0) is 47.3 Å². The van der Waals surface area contributed by atoms with Crippen molar-refractivity contribution in [1.82, 2.24) is 10.2 Å². The molecule has 2 nitrogen and oxygen atoms in total. The van der Waals surface area contributed by atoms with Crippen LogP contribution in [0.2, 0.25) is 0 Å². The minimum atomic E-state index is 0.251. The third-order valence-electron chi connectivity index (χ3n) is 1.66. The van der Waals surface area contributed by atoms with Crippen LogP contribution in [0.5, 0.6) is 0 Å². The summed E-state index contributed by atoms with van der Waals surface area (Å²) < 4.78 is 0. The summed E-state index contributed by atoms with van der Waals surface area (Å²) >= 11 is 0. The molecule has 1 N–H and O–H groups in total. The van der Waals surface area contributed by atoms with Crippen molar-refractivity contribution in [2.75, 3.05) is 27.2 Å². The van der Waals surface area contributed by atoms with Crippen LogP contribution in [0.15, 0.2) is 0 Å². The summed E-state index contributed by atoms with van der Waals surface area (Å²) in [4.78, 5) is 2.23. The summed E-state index contributed by atoms with van der Waals surface area (Å²) in [5.74, 6) is 0.722. The van der Waals surface area contributed by atoms with Crippen molar-refractivity contribution in [3.8, 4) is 0 Å². The van der Waals surface area contributed by atoms with E-state index in [1.54, 1.807) is 0 Å². The van der Waals surface area contributed by atoms with Crippen molar-refractivity contribution in [2.45, 2.75) is 33.2 Å². The second-order valence-electron chi connectivity index (χ2n) is 5.00. The summed E-state index contributed by atoms with van der Waals surface area (Å²) in [5, 5.41) is 3.50. The highest BCUT2D eigenvalue weighted by molar-refractivity contribution is 4.72. The van der Waals surface area contributed by atoms with Crippen molar-refractivity contribution >= 4 is 0 Å². The molecule has 0 radical (unpaired) electrons. The quantitative estimate of drug-likeness (QED) is 0.692. The van der Waals surface area contributed by atoms with E-state index >= 15 is 0 Å². The summed E-state index contributed by atoms with van der Waals surface area (Å²) in [7, 11) is 4.24. The van der Waals surface area contributed by atoms with Gasteiger partial charge in [0.25, 0.3) is 0 Å². The predicted octanol–water partition coefficient (Wildman–Crippen LogP) is 1.57. The normalized spacial score (nSPS) is 15.2. The predicted molar refractivity (Wildman–Crippen MR) is 55.5 cm³/mol. The first-order chi connectivity index (χ1) is 5.31. The maximum atomic E-state index is 3.50. The molecule has 0 aliphatic rings. The monoisotopic (exact) mass is 172 g/mol. The Morgan fingerprint density at radius 1 is 1.25 bits per heavy atom. The third-order valence-corrected chi connectivity index (χ3v) is 1.66. The molecule has 12 heavy (non-hydrogen) atoms. The summed E-state index contributed by atoms with van der Waals surface area (Å²) in [5.41, 5.74) is 0.251. The first kappa shape index (κ1) is 11.9. The van der Waals surface area contributed by atoms with Crippen LogP contribution in [0.4, 0.5) is 0 Å². The standard InChI is InChI=1S/C10H24N2/c1-9(8-12(5)6)7-11-10(2,3)4/h9,11H,7-8H2,1-6H3. The molecule has 0 aliphatic carbocycles. The number of hydrogen-bond donors (Lipinski definition) is 1. The average molecular weight is 172 g/mol. The van der Waals surface area contributed by atoms with Crippen molar-refractivity contribution in [1.29, 1.82) is 0 Å². The zero-order chi connectivity index (χ0) is 9.78. The second-order valence-corrected chi connectivity index (χ2v) is 5.00. The van der Waals surface area contributed by atoms with Crippen molar-refractivity contribution in [3.63, 3.8) is 0 Å². The van der Waals surface area contributed by atoms with Gasteiger partial charge in [0.2, 0.25) is 0 Å². The van der Waals surface area contributed by atoms with Gasteiger partial charge in [0, 0.05) is 12.1 Å². The van der Waals surface area contributed by atoms with E-state index in [4.69, 9.17) is 0 Å². The molecule has 0 saturated carbocycles. The Hall–Kier alpha value is -0.0800. The molecule has 0 aromatic heterocycles. The average Bonchev–Trinajstić information content (AvgIpc) is 1.80. The SMILES string of the molecule is CC(CNC(C)(C)C)CN(C)C. The lowest BCUT2D eigenvalue weighted by atomic mass is 10.1. The maximum absolute atomic E-state index is 3.50. The molecule has 0 fully saturated rings. The summed E-state index contributed by atoms with van der Waals surface area (Å²) in [6, 6.07) is 0. The fourth-order valence-electron chi connectivity index (χ4n) is 1.17. The Kier molecular flexibility index (Phi) is 4.80. The molecule has 1 unspecified atom stereocenters. The third kappa shape index (κ3) is 8.02. The minimum absolute atomic E-state index is 0.251. The van der Waals surface area contributed by atoms with E-state index in [0.29, 0.717) is 0 Å². The molecule has 0 amide bonds. The smallest absolute Gasteiger partial charge is 0.00966 e. The maximum Gasteiger partial charge on any atom is 0.00966 e.